The van der Waals surface area contributed by atoms with Gasteiger partial charge in [0.05, 0.1) is 30.0 Å². The third-order valence-corrected chi connectivity index (χ3v) is 6.92. The van der Waals surface area contributed by atoms with E-state index in [0.717, 1.165) is 25.7 Å². The Balaban J connectivity index is 0.000000742. The molecule has 1 rings (SSSR count). The molecule has 11 heteroatoms. The molecule has 0 radical (unpaired) electrons. The van der Waals surface area contributed by atoms with Gasteiger partial charge < -0.3 is 19.1 Å². The Bertz CT molecular complexity index is 991. The SMILES string of the molecule is CC(CC(C)(C)C(=O)OCCOS(=O)(=O)[O-])C(=O)O.CCCCOC(=O)C(C)(CC)CC(C)c1ccccc1. The molecule has 0 saturated heterocycles. The molecular weight excluding hydrogens is 528 g/mol. The first kappa shape index (κ1) is 36.5. The van der Waals surface area contributed by atoms with E-state index in [0.29, 0.717) is 12.5 Å². The van der Waals surface area contributed by atoms with Gasteiger partial charge in [0.15, 0.2) is 0 Å². The van der Waals surface area contributed by atoms with Gasteiger partial charge in [-0.15, -0.1) is 0 Å². The highest BCUT2D eigenvalue weighted by Gasteiger charge is 2.35. The van der Waals surface area contributed by atoms with Crippen molar-refractivity contribution in [3.63, 3.8) is 0 Å². The van der Waals surface area contributed by atoms with Crippen LogP contribution in [0.1, 0.15) is 92.1 Å². The van der Waals surface area contributed by atoms with Crippen LogP contribution in [0.4, 0.5) is 0 Å². The molecule has 39 heavy (non-hydrogen) atoms. The lowest BCUT2D eigenvalue weighted by molar-refractivity contribution is -0.157. The second-order valence-electron chi connectivity index (χ2n) is 10.6. The van der Waals surface area contributed by atoms with Crippen molar-refractivity contribution < 1.29 is 46.1 Å². The molecule has 1 N–H and O–H groups in total. The van der Waals surface area contributed by atoms with Crippen molar-refractivity contribution in [2.75, 3.05) is 19.8 Å². The molecule has 224 valence electrons. The van der Waals surface area contributed by atoms with E-state index in [-0.39, 0.29) is 17.8 Å². The van der Waals surface area contributed by atoms with E-state index < -0.39 is 46.9 Å². The molecule has 0 aromatic heterocycles. The molecule has 0 aliphatic heterocycles. The number of carboxylic acid groups (broad SMARTS) is 1. The normalized spacial score (nSPS) is 14.7. The Kier molecular flexibility index (Phi) is 16.1. The molecule has 0 saturated carbocycles. The summed E-state index contributed by atoms with van der Waals surface area (Å²) < 4.78 is 44.3. The van der Waals surface area contributed by atoms with Crippen LogP contribution < -0.4 is 0 Å². The van der Waals surface area contributed by atoms with E-state index in [4.69, 9.17) is 14.6 Å². The predicted molar refractivity (Wildman–Crippen MR) is 146 cm³/mol. The largest absolute Gasteiger partial charge is 0.726 e. The molecule has 0 aliphatic carbocycles. The van der Waals surface area contributed by atoms with Crippen LogP contribution in [0.3, 0.4) is 0 Å². The van der Waals surface area contributed by atoms with Gasteiger partial charge in [0.1, 0.15) is 6.61 Å². The first-order chi connectivity index (χ1) is 18.0. The van der Waals surface area contributed by atoms with Gasteiger partial charge in [0.2, 0.25) is 10.4 Å². The molecule has 3 atom stereocenters. The Hall–Kier alpha value is -2.50. The van der Waals surface area contributed by atoms with Gasteiger partial charge in [0.25, 0.3) is 0 Å². The number of benzene rings is 1. The molecule has 0 bridgehead atoms. The zero-order chi connectivity index (χ0) is 30.3. The number of carboxylic acids is 1. The maximum absolute atomic E-state index is 12.3. The molecule has 1 aromatic rings. The predicted octanol–water partition coefficient (Wildman–Crippen LogP) is 5.08. The average molecular weight is 574 g/mol. The maximum Gasteiger partial charge on any atom is 0.311 e. The summed E-state index contributed by atoms with van der Waals surface area (Å²) in [7, 11) is -4.81. The van der Waals surface area contributed by atoms with Crippen molar-refractivity contribution in [1.29, 1.82) is 0 Å². The van der Waals surface area contributed by atoms with Gasteiger partial charge in [-0.3, -0.25) is 18.6 Å². The fourth-order valence-electron chi connectivity index (χ4n) is 3.83. The van der Waals surface area contributed by atoms with E-state index in [1.807, 2.05) is 13.0 Å². The Morgan fingerprint density at radius 1 is 0.923 bits per heavy atom. The third kappa shape index (κ3) is 15.0. The van der Waals surface area contributed by atoms with Crippen LogP contribution in [0.25, 0.3) is 0 Å². The number of carbonyl (C=O) groups is 3. The second kappa shape index (κ2) is 17.2. The van der Waals surface area contributed by atoms with Crippen LogP contribution in [0, 0.1) is 16.7 Å². The first-order valence-electron chi connectivity index (χ1n) is 13.2. The van der Waals surface area contributed by atoms with Gasteiger partial charge in [-0.25, -0.2) is 8.42 Å². The Morgan fingerprint density at radius 2 is 1.49 bits per heavy atom. The van der Waals surface area contributed by atoms with E-state index in [1.165, 1.54) is 26.3 Å². The van der Waals surface area contributed by atoms with Crippen LogP contribution in [-0.2, 0) is 38.4 Å². The lowest BCUT2D eigenvalue weighted by Gasteiger charge is -2.29. The fourth-order valence-corrected chi connectivity index (χ4v) is 4.10. The van der Waals surface area contributed by atoms with E-state index in [1.54, 1.807) is 0 Å². The third-order valence-electron chi connectivity index (χ3n) is 6.46. The summed E-state index contributed by atoms with van der Waals surface area (Å²) >= 11 is 0. The summed E-state index contributed by atoms with van der Waals surface area (Å²) in [6.07, 6.45) is 3.71. The zero-order valence-electron chi connectivity index (χ0n) is 24.2. The molecule has 0 spiro atoms. The summed E-state index contributed by atoms with van der Waals surface area (Å²) in [5, 5.41) is 8.76. The number of carbonyl (C=O) groups excluding carboxylic acids is 2. The highest BCUT2D eigenvalue weighted by Crippen LogP contribution is 2.35. The van der Waals surface area contributed by atoms with Gasteiger partial charge in [-0.1, -0.05) is 64.4 Å². The van der Waals surface area contributed by atoms with E-state index >= 15 is 0 Å². The van der Waals surface area contributed by atoms with Crippen LogP contribution in [-0.4, -0.2) is 55.8 Å². The lowest BCUT2D eigenvalue weighted by atomic mass is 9.77. The summed E-state index contributed by atoms with van der Waals surface area (Å²) in [5.74, 6) is -2.12. The minimum Gasteiger partial charge on any atom is -0.726 e. The van der Waals surface area contributed by atoms with Crippen LogP contribution in [0.15, 0.2) is 30.3 Å². The van der Waals surface area contributed by atoms with Crippen molar-refractivity contribution in [1.82, 2.24) is 0 Å². The topological polar surface area (TPSA) is 156 Å². The summed E-state index contributed by atoms with van der Waals surface area (Å²) in [6.45, 7) is 12.5. The highest BCUT2D eigenvalue weighted by molar-refractivity contribution is 7.80. The van der Waals surface area contributed by atoms with E-state index in [9.17, 15) is 27.4 Å². The molecule has 0 heterocycles. The Labute approximate surface area is 233 Å². The summed E-state index contributed by atoms with van der Waals surface area (Å²) in [5.41, 5.74) is -0.134. The molecule has 1 aromatic carbocycles. The minimum atomic E-state index is -4.81. The van der Waals surface area contributed by atoms with E-state index in [2.05, 4.69) is 49.2 Å². The van der Waals surface area contributed by atoms with Crippen molar-refractivity contribution in [2.24, 2.45) is 16.7 Å². The molecule has 0 aliphatic rings. The van der Waals surface area contributed by atoms with Gasteiger partial charge >= 0.3 is 17.9 Å². The average Bonchev–Trinajstić information content (AvgIpc) is 2.86. The van der Waals surface area contributed by atoms with Crippen molar-refractivity contribution >= 4 is 28.3 Å². The van der Waals surface area contributed by atoms with Crippen LogP contribution in [0.5, 0.6) is 0 Å². The van der Waals surface area contributed by atoms with Gasteiger partial charge in [-0.2, -0.15) is 0 Å². The monoisotopic (exact) mass is 573 g/mol. The number of rotatable bonds is 16. The summed E-state index contributed by atoms with van der Waals surface area (Å²) in [6, 6.07) is 10.4. The minimum absolute atomic E-state index is 0.0452. The molecule has 10 nitrogen and oxygen atoms in total. The molecule has 3 unspecified atom stereocenters. The van der Waals surface area contributed by atoms with Crippen molar-refractivity contribution in [3.05, 3.63) is 35.9 Å². The number of hydrogen-bond acceptors (Lipinski definition) is 9. The maximum atomic E-state index is 12.3. The molecule has 0 fully saturated rings. The standard InChI is InChI=1S/C18H28O2.C10H18O8S/c1-5-7-13-20-17(19)18(4,6-2)14-15(3)16-11-9-8-10-12-16;1-7(8(11)12)6-10(2,3)9(13)17-4-5-18-19(14,15)16/h8-12,15H,5-7,13-14H2,1-4H3;7H,4-6H2,1-3H3,(H,11,12)(H,14,15,16)/p-1. The molecular formula is C28H45O10S-. The van der Waals surface area contributed by atoms with Gasteiger partial charge in [0, 0.05) is 0 Å². The fraction of sp³-hybridized carbons (Fsp3) is 0.679. The number of esters is 2. The van der Waals surface area contributed by atoms with Crippen molar-refractivity contribution in [3.8, 4) is 0 Å². The quantitative estimate of drug-likeness (QED) is 0.122. The molecule has 0 amide bonds. The van der Waals surface area contributed by atoms with Crippen LogP contribution >= 0.6 is 0 Å². The lowest BCUT2D eigenvalue weighted by Crippen LogP contribution is -2.31. The van der Waals surface area contributed by atoms with Crippen LogP contribution in [0.2, 0.25) is 0 Å². The smallest absolute Gasteiger partial charge is 0.311 e. The number of ether oxygens (including phenoxy) is 2. The first-order valence-corrected chi connectivity index (χ1v) is 14.5. The Morgan fingerprint density at radius 3 is 1.97 bits per heavy atom. The van der Waals surface area contributed by atoms with Crippen molar-refractivity contribution in [2.45, 2.75) is 86.5 Å². The summed E-state index contributed by atoms with van der Waals surface area (Å²) in [4.78, 5) is 34.7. The number of aliphatic carboxylic acids is 1. The van der Waals surface area contributed by atoms with Gasteiger partial charge in [-0.05, 0) is 57.9 Å². The zero-order valence-corrected chi connectivity index (χ0v) is 25.0. The number of unbranched alkanes of at least 4 members (excludes halogenated alkanes) is 1. The number of hydrogen-bond donors (Lipinski definition) is 1. The second-order valence-corrected chi connectivity index (χ2v) is 11.7. The highest BCUT2D eigenvalue weighted by atomic mass is 32.3.